The molecule has 1 saturated heterocycles. The molecule has 3 aliphatic heterocycles. The number of aromatic amines is 1. The van der Waals surface area contributed by atoms with Crippen LogP contribution in [0, 0.1) is 0 Å². The SMILES string of the molecule is C[C@H]1c2[nH]c3ccccc3c2C[C@H]2C(=O)N(Cc3ccc4c(c3)OCO4)CC(=O)N21. The molecule has 152 valence electrons. The summed E-state index contributed by atoms with van der Waals surface area (Å²) >= 11 is 0. The highest BCUT2D eigenvalue weighted by atomic mass is 16.7. The van der Waals surface area contributed by atoms with Crippen LogP contribution in [0.2, 0.25) is 0 Å². The maximum atomic E-state index is 13.4. The lowest BCUT2D eigenvalue weighted by Gasteiger charge is -2.46. The second-order valence-electron chi connectivity index (χ2n) is 8.14. The normalized spacial score (nSPS) is 22.4. The highest BCUT2D eigenvalue weighted by Crippen LogP contribution is 2.39. The Kier molecular flexibility index (Phi) is 3.63. The van der Waals surface area contributed by atoms with Crippen molar-refractivity contribution >= 4 is 22.7 Å². The van der Waals surface area contributed by atoms with E-state index in [4.69, 9.17) is 9.47 Å². The quantitative estimate of drug-likeness (QED) is 0.714. The van der Waals surface area contributed by atoms with Crippen molar-refractivity contribution in [1.29, 1.82) is 0 Å². The van der Waals surface area contributed by atoms with Crippen molar-refractivity contribution in [1.82, 2.24) is 14.8 Å². The van der Waals surface area contributed by atoms with Crippen molar-refractivity contribution in [3.8, 4) is 11.5 Å². The van der Waals surface area contributed by atoms with Crippen LogP contribution in [-0.2, 0) is 22.6 Å². The van der Waals surface area contributed by atoms with Gasteiger partial charge in [0.1, 0.15) is 12.6 Å². The minimum Gasteiger partial charge on any atom is -0.454 e. The largest absolute Gasteiger partial charge is 0.454 e. The summed E-state index contributed by atoms with van der Waals surface area (Å²) in [4.78, 5) is 33.4. The molecule has 1 aromatic heterocycles. The zero-order valence-electron chi connectivity index (χ0n) is 16.6. The van der Waals surface area contributed by atoms with Gasteiger partial charge in [0, 0.05) is 29.6 Å². The number of rotatable bonds is 2. The topological polar surface area (TPSA) is 74.9 Å². The standard InChI is InChI=1S/C23H21N3O4/c1-13-22-16(15-4-2-3-5-17(15)24-22)9-18-23(28)25(11-21(27)26(13)18)10-14-6-7-19-20(8-14)30-12-29-19/h2-8,13,18,24H,9-12H2,1H3/t13-,18-/m0/s1. The number of H-pyrrole nitrogens is 1. The minimum absolute atomic E-state index is 0.00459. The lowest BCUT2D eigenvalue weighted by molar-refractivity contribution is -0.159. The second kappa shape index (κ2) is 6.26. The molecule has 0 spiro atoms. The summed E-state index contributed by atoms with van der Waals surface area (Å²) in [5, 5.41) is 1.13. The van der Waals surface area contributed by atoms with Crippen molar-refractivity contribution in [2.24, 2.45) is 0 Å². The smallest absolute Gasteiger partial charge is 0.246 e. The van der Waals surface area contributed by atoms with Crippen molar-refractivity contribution in [3.63, 3.8) is 0 Å². The summed E-state index contributed by atoms with van der Waals surface area (Å²) in [6.45, 7) is 2.67. The lowest BCUT2D eigenvalue weighted by atomic mass is 9.90. The van der Waals surface area contributed by atoms with Gasteiger partial charge in [0.2, 0.25) is 18.6 Å². The fourth-order valence-corrected chi connectivity index (χ4v) is 5.02. The summed E-state index contributed by atoms with van der Waals surface area (Å²) in [6.07, 6.45) is 0.534. The Morgan fingerprint density at radius 3 is 2.83 bits per heavy atom. The predicted octanol–water partition coefficient (Wildman–Crippen LogP) is 2.75. The van der Waals surface area contributed by atoms with Gasteiger partial charge in [0.25, 0.3) is 0 Å². The summed E-state index contributed by atoms with van der Waals surface area (Å²) in [5.74, 6) is 1.37. The Morgan fingerprint density at radius 2 is 1.93 bits per heavy atom. The Hall–Kier alpha value is -3.48. The second-order valence-corrected chi connectivity index (χ2v) is 8.14. The number of benzene rings is 2. The van der Waals surface area contributed by atoms with E-state index in [0.717, 1.165) is 27.7 Å². The molecule has 0 unspecified atom stereocenters. The number of nitrogens with zero attached hydrogens (tertiary/aromatic N) is 2. The molecule has 4 heterocycles. The number of carbonyl (C=O) groups excluding carboxylic acids is 2. The molecule has 0 radical (unpaired) electrons. The molecular weight excluding hydrogens is 382 g/mol. The number of fused-ring (bicyclic) bond motifs is 5. The molecule has 30 heavy (non-hydrogen) atoms. The average molecular weight is 403 g/mol. The third kappa shape index (κ3) is 2.44. The van der Waals surface area contributed by atoms with Gasteiger partial charge in [0.15, 0.2) is 11.5 Å². The summed E-state index contributed by atoms with van der Waals surface area (Å²) < 4.78 is 10.8. The number of amides is 2. The van der Waals surface area contributed by atoms with Crippen LogP contribution in [-0.4, -0.2) is 46.0 Å². The summed E-state index contributed by atoms with van der Waals surface area (Å²) in [6, 6.07) is 13.1. The highest BCUT2D eigenvalue weighted by molar-refractivity contribution is 5.97. The molecule has 0 bridgehead atoms. The Morgan fingerprint density at radius 1 is 1.10 bits per heavy atom. The van der Waals surface area contributed by atoms with Gasteiger partial charge in [-0.2, -0.15) is 0 Å². The molecule has 7 heteroatoms. The van der Waals surface area contributed by atoms with Crippen LogP contribution in [0.5, 0.6) is 11.5 Å². The van der Waals surface area contributed by atoms with E-state index in [1.54, 1.807) is 9.80 Å². The molecule has 0 aliphatic carbocycles. The van der Waals surface area contributed by atoms with Crippen LogP contribution in [0.4, 0.5) is 0 Å². The van der Waals surface area contributed by atoms with Gasteiger partial charge < -0.3 is 24.3 Å². The van der Waals surface area contributed by atoms with E-state index < -0.39 is 6.04 Å². The average Bonchev–Trinajstić information content (AvgIpc) is 3.36. The molecular formula is C23H21N3O4. The fraction of sp³-hybridized carbons (Fsp3) is 0.304. The number of carbonyl (C=O) groups is 2. The van der Waals surface area contributed by atoms with Gasteiger partial charge in [-0.3, -0.25) is 9.59 Å². The van der Waals surface area contributed by atoms with E-state index in [-0.39, 0.29) is 31.2 Å². The number of ether oxygens (including phenoxy) is 2. The zero-order valence-corrected chi connectivity index (χ0v) is 16.6. The van der Waals surface area contributed by atoms with E-state index >= 15 is 0 Å². The van der Waals surface area contributed by atoms with Crippen molar-refractivity contribution in [2.45, 2.75) is 32.0 Å². The first-order valence-corrected chi connectivity index (χ1v) is 10.2. The van der Waals surface area contributed by atoms with Crippen LogP contribution in [0.25, 0.3) is 10.9 Å². The van der Waals surface area contributed by atoms with Gasteiger partial charge in [-0.25, -0.2) is 0 Å². The van der Waals surface area contributed by atoms with Crippen LogP contribution >= 0.6 is 0 Å². The van der Waals surface area contributed by atoms with Gasteiger partial charge in [0.05, 0.1) is 6.04 Å². The molecule has 2 atom stereocenters. The third-order valence-electron chi connectivity index (χ3n) is 6.44. The van der Waals surface area contributed by atoms with Crippen molar-refractivity contribution in [2.75, 3.05) is 13.3 Å². The number of aromatic nitrogens is 1. The van der Waals surface area contributed by atoms with Gasteiger partial charge in [-0.1, -0.05) is 24.3 Å². The molecule has 0 saturated carbocycles. The number of hydrogen-bond acceptors (Lipinski definition) is 4. The Balaban J connectivity index is 1.33. The molecule has 2 amide bonds. The number of para-hydroxylation sites is 1. The predicted molar refractivity (Wildman–Crippen MR) is 109 cm³/mol. The summed E-state index contributed by atoms with van der Waals surface area (Å²) in [5.41, 5.74) is 4.15. The number of piperazine rings is 1. The number of hydrogen-bond donors (Lipinski definition) is 1. The molecule has 7 nitrogen and oxygen atoms in total. The first-order valence-electron chi connectivity index (χ1n) is 10.2. The van der Waals surface area contributed by atoms with E-state index in [2.05, 4.69) is 11.1 Å². The van der Waals surface area contributed by atoms with Crippen LogP contribution in [0.3, 0.4) is 0 Å². The Labute approximate surface area is 173 Å². The minimum atomic E-state index is -0.470. The van der Waals surface area contributed by atoms with Crippen molar-refractivity contribution in [3.05, 3.63) is 59.3 Å². The van der Waals surface area contributed by atoms with E-state index in [1.807, 2.05) is 43.3 Å². The number of nitrogens with one attached hydrogen (secondary N) is 1. The zero-order chi connectivity index (χ0) is 20.4. The maximum absolute atomic E-state index is 13.4. The lowest BCUT2D eigenvalue weighted by Crippen LogP contribution is -2.62. The molecule has 1 fully saturated rings. The first kappa shape index (κ1) is 17.4. The van der Waals surface area contributed by atoms with Crippen LogP contribution < -0.4 is 9.47 Å². The van der Waals surface area contributed by atoms with E-state index in [1.165, 1.54) is 0 Å². The molecule has 3 aromatic rings. The third-order valence-corrected chi connectivity index (χ3v) is 6.44. The van der Waals surface area contributed by atoms with Gasteiger partial charge in [-0.05, 0) is 36.2 Å². The first-order chi connectivity index (χ1) is 14.6. The monoisotopic (exact) mass is 403 g/mol. The van der Waals surface area contributed by atoms with E-state index in [0.29, 0.717) is 24.5 Å². The van der Waals surface area contributed by atoms with Gasteiger partial charge >= 0.3 is 0 Å². The van der Waals surface area contributed by atoms with Gasteiger partial charge in [-0.15, -0.1) is 0 Å². The summed E-state index contributed by atoms with van der Waals surface area (Å²) in [7, 11) is 0. The molecule has 6 rings (SSSR count). The van der Waals surface area contributed by atoms with Crippen LogP contribution in [0.15, 0.2) is 42.5 Å². The Bertz CT molecular complexity index is 1200. The fourth-order valence-electron chi connectivity index (χ4n) is 5.02. The van der Waals surface area contributed by atoms with Crippen molar-refractivity contribution < 1.29 is 19.1 Å². The molecule has 1 N–H and O–H groups in total. The van der Waals surface area contributed by atoms with E-state index in [9.17, 15) is 9.59 Å². The molecule has 3 aliphatic rings. The molecule has 2 aromatic carbocycles. The highest BCUT2D eigenvalue weighted by Gasteiger charge is 2.46. The van der Waals surface area contributed by atoms with Crippen LogP contribution in [0.1, 0.15) is 29.8 Å². The maximum Gasteiger partial charge on any atom is 0.246 e.